The molecule has 0 bridgehead atoms. The summed E-state index contributed by atoms with van der Waals surface area (Å²) in [4.78, 5) is 0.128. The molecule has 0 saturated carbocycles. The van der Waals surface area contributed by atoms with Gasteiger partial charge >= 0.3 is 0 Å². The molecule has 0 radical (unpaired) electrons. The Hall–Kier alpha value is 0.160. The topological polar surface area (TPSA) is 9.23 Å². The Morgan fingerprint density at radius 2 is 1.53 bits per heavy atom. The van der Waals surface area contributed by atoms with Crippen molar-refractivity contribution in [2.24, 2.45) is 0 Å². The van der Waals surface area contributed by atoms with Crippen molar-refractivity contribution < 1.29 is 4.74 Å². The van der Waals surface area contributed by atoms with Gasteiger partial charge in [0.1, 0.15) is 5.75 Å². The normalized spacial score (nSPS) is 12.3. The van der Waals surface area contributed by atoms with E-state index in [-0.39, 0.29) is 4.83 Å². The van der Waals surface area contributed by atoms with Gasteiger partial charge in [-0.2, -0.15) is 0 Å². The van der Waals surface area contributed by atoms with E-state index in [2.05, 4.69) is 88.0 Å². The molecule has 1 unspecified atom stereocenters. The summed E-state index contributed by atoms with van der Waals surface area (Å²) in [5.41, 5.74) is 2.34. The van der Waals surface area contributed by atoms with Gasteiger partial charge in [-0.05, 0) is 57.4 Å². The Balaban J connectivity index is 2.38. The number of methoxy groups -OCH3 is 1. The largest absolute Gasteiger partial charge is 0.496 e. The van der Waals surface area contributed by atoms with Gasteiger partial charge in [-0.3, -0.25) is 0 Å². The lowest BCUT2D eigenvalue weighted by Gasteiger charge is -2.13. The molecule has 0 saturated heterocycles. The zero-order chi connectivity index (χ0) is 14.0. The van der Waals surface area contributed by atoms with Gasteiger partial charge < -0.3 is 4.74 Å². The summed E-state index contributed by atoms with van der Waals surface area (Å²) in [6.07, 6.45) is 0. The highest BCUT2D eigenvalue weighted by Gasteiger charge is 2.13. The average molecular weight is 514 g/mol. The Labute approximate surface area is 146 Å². The minimum atomic E-state index is 0.128. The number of halogens is 4. The van der Waals surface area contributed by atoms with E-state index in [0.717, 1.165) is 24.7 Å². The third-order valence-electron chi connectivity index (χ3n) is 2.65. The fraction of sp³-hybridized carbons (Fsp3) is 0.143. The molecule has 100 valence electrons. The summed E-state index contributed by atoms with van der Waals surface area (Å²) in [5.74, 6) is 0.832. The molecule has 0 heterocycles. The molecule has 0 fully saturated rings. The fourth-order valence-electron chi connectivity index (χ4n) is 1.75. The maximum Gasteiger partial charge on any atom is 0.133 e. The van der Waals surface area contributed by atoms with Gasteiger partial charge in [0, 0.05) is 8.95 Å². The molecule has 0 spiro atoms. The van der Waals surface area contributed by atoms with E-state index in [1.807, 2.05) is 12.1 Å². The van der Waals surface area contributed by atoms with Gasteiger partial charge in [0.05, 0.1) is 16.4 Å². The predicted octanol–water partition coefficient (Wildman–Crippen LogP) is 6.47. The van der Waals surface area contributed by atoms with E-state index in [9.17, 15) is 0 Å². The van der Waals surface area contributed by atoms with Crippen LogP contribution in [0.1, 0.15) is 16.0 Å². The van der Waals surface area contributed by atoms with Crippen LogP contribution in [-0.4, -0.2) is 7.11 Å². The number of hydrogen-bond acceptors (Lipinski definition) is 1. The van der Waals surface area contributed by atoms with Crippen LogP contribution in [-0.2, 0) is 0 Å². The first-order valence-corrected chi connectivity index (χ1v) is 8.74. The highest BCUT2D eigenvalue weighted by Crippen LogP contribution is 2.37. The summed E-state index contributed by atoms with van der Waals surface area (Å²) in [5, 5.41) is 0. The molecular weight excluding hydrogens is 504 g/mol. The van der Waals surface area contributed by atoms with Crippen LogP contribution in [0, 0.1) is 0 Å². The van der Waals surface area contributed by atoms with E-state index in [0.29, 0.717) is 0 Å². The van der Waals surface area contributed by atoms with Gasteiger partial charge in [-0.1, -0.05) is 53.9 Å². The van der Waals surface area contributed by atoms with Crippen molar-refractivity contribution in [2.75, 3.05) is 7.11 Å². The molecule has 2 aromatic carbocycles. The third-order valence-corrected chi connectivity index (χ3v) is 5.24. The summed E-state index contributed by atoms with van der Waals surface area (Å²) >= 11 is 14.3. The molecule has 2 rings (SSSR count). The Bertz CT molecular complexity index is 578. The first-order chi connectivity index (χ1) is 9.01. The summed E-state index contributed by atoms with van der Waals surface area (Å²) < 4.78 is 8.30. The van der Waals surface area contributed by atoms with Gasteiger partial charge in [0.2, 0.25) is 0 Å². The number of rotatable bonds is 3. The van der Waals surface area contributed by atoms with Gasteiger partial charge in [-0.15, -0.1) is 0 Å². The van der Waals surface area contributed by atoms with Crippen LogP contribution >= 0.6 is 63.7 Å². The van der Waals surface area contributed by atoms with Gasteiger partial charge in [-0.25, -0.2) is 0 Å². The minimum Gasteiger partial charge on any atom is -0.496 e. The van der Waals surface area contributed by atoms with Gasteiger partial charge in [0.15, 0.2) is 0 Å². The number of alkyl halides is 1. The molecule has 0 aromatic heterocycles. The lowest BCUT2D eigenvalue weighted by atomic mass is 10.0. The molecule has 0 aliphatic rings. The van der Waals surface area contributed by atoms with Crippen molar-refractivity contribution >= 4 is 63.7 Å². The minimum absolute atomic E-state index is 0.128. The van der Waals surface area contributed by atoms with Crippen LogP contribution in [0.5, 0.6) is 5.75 Å². The molecule has 0 N–H and O–H groups in total. The molecule has 19 heavy (non-hydrogen) atoms. The number of hydrogen-bond donors (Lipinski definition) is 0. The SMILES string of the molecule is COc1ccc(C(Br)c2cc(Br)cc(Br)c2)cc1Br. The molecule has 1 atom stereocenters. The molecular formula is C14H10Br4O. The molecule has 0 aliphatic heterocycles. The fourth-order valence-corrected chi connectivity index (χ4v) is 4.19. The quantitative estimate of drug-likeness (QED) is 0.428. The van der Waals surface area contributed by atoms with Gasteiger partial charge in [0.25, 0.3) is 0 Å². The summed E-state index contributed by atoms with van der Waals surface area (Å²) in [7, 11) is 1.66. The Morgan fingerprint density at radius 1 is 0.895 bits per heavy atom. The summed E-state index contributed by atoms with van der Waals surface area (Å²) in [6.45, 7) is 0. The number of benzene rings is 2. The van der Waals surface area contributed by atoms with E-state index in [1.165, 1.54) is 5.56 Å². The van der Waals surface area contributed by atoms with E-state index >= 15 is 0 Å². The zero-order valence-electron chi connectivity index (χ0n) is 9.96. The highest BCUT2D eigenvalue weighted by molar-refractivity contribution is 9.11. The van der Waals surface area contributed by atoms with Crippen molar-refractivity contribution in [2.45, 2.75) is 4.83 Å². The second-order valence-corrected chi connectivity index (χ2v) is 7.56. The first kappa shape index (κ1) is 15.5. The number of ether oxygens (including phenoxy) is 1. The first-order valence-electron chi connectivity index (χ1n) is 5.44. The molecule has 2 aromatic rings. The molecule has 1 nitrogen and oxygen atoms in total. The van der Waals surface area contributed by atoms with Crippen LogP contribution in [0.3, 0.4) is 0 Å². The van der Waals surface area contributed by atoms with Crippen LogP contribution < -0.4 is 4.74 Å². The standard InChI is InChI=1S/C14H10Br4O/c1-19-13-3-2-8(6-12(13)17)14(18)9-4-10(15)7-11(16)5-9/h2-7,14H,1H3. The van der Waals surface area contributed by atoms with Crippen molar-refractivity contribution in [1.29, 1.82) is 0 Å². The van der Waals surface area contributed by atoms with Crippen molar-refractivity contribution in [3.63, 3.8) is 0 Å². The summed E-state index contributed by atoms with van der Waals surface area (Å²) in [6, 6.07) is 12.3. The molecule has 0 aliphatic carbocycles. The smallest absolute Gasteiger partial charge is 0.133 e. The average Bonchev–Trinajstić information content (AvgIpc) is 2.36. The van der Waals surface area contributed by atoms with Crippen molar-refractivity contribution in [3.05, 3.63) is 60.9 Å². The third kappa shape index (κ3) is 3.84. The van der Waals surface area contributed by atoms with E-state index in [1.54, 1.807) is 7.11 Å². The van der Waals surface area contributed by atoms with Crippen LogP contribution in [0.15, 0.2) is 49.8 Å². The van der Waals surface area contributed by atoms with E-state index < -0.39 is 0 Å². The van der Waals surface area contributed by atoms with Crippen LogP contribution in [0.4, 0.5) is 0 Å². The zero-order valence-corrected chi connectivity index (χ0v) is 16.3. The Morgan fingerprint density at radius 3 is 2.05 bits per heavy atom. The van der Waals surface area contributed by atoms with Crippen molar-refractivity contribution in [3.8, 4) is 5.75 Å². The van der Waals surface area contributed by atoms with Crippen LogP contribution in [0.25, 0.3) is 0 Å². The maximum atomic E-state index is 5.25. The monoisotopic (exact) mass is 510 g/mol. The van der Waals surface area contributed by atoms with Crippen molar-refractivity contribution in [1.82, 2.24) is 0 Å². The second kappa shape index (κ2) is 6.74. The molecule has 0 amide bonds. The van der Waals surface area contributed by atoms with E-state index in [4.69, 9.17) is 4.74 Å². The highest BCUT2D eigenvalue weighted by atomic mass is 79.9. The maximum absolute atomic E-state index is 5.25. The Kier molecular flexibility index (Phi) is 5.52. The lowest BCUT2D eigenvalue weighted by molar-refractivity contribution is 0.412. The second-order valence-electron chi connectivity index (χ2n) is 3.96. The lowest BCUT2D eigenvalue weighted by Crippen LogP contribution is -1.94. The molecule has 5 heteroatoms. The predicted molar refractivity (Wildman–Crippen MR) is 93.3 cm³/mol. The van der Waals surface area contributed by atoms with Crippen LogP contribution in [0.2, 0.25) is 0 Å².